The number of amides is 1. The first kappa shape index (κ1) is 15.5. The van der Waals surface area contributed by atoms with E-state index in [1.54, 1.807) is 23.9 Å². The third kappa shape index (κ3) is 4.93. The number of nitrogens with zero attached hydrogens (tertiary/aromatic N) is 1. The van der Waals surface area contributed by atoms with E-state index in [2.05, 4.69) is 11.4 Å². The van der Waals surface area contributed by atoms with Crippen molar-refractivity contribution in [3.05, 3.63) is 35.4 Å². The molecule has 0 bridgehead atoms. The van der Waals surface area contributed by atoms with Crippen LogP contribution in [0.4, 0.5) is 0 Å². The van der Waals surface area contributed by atoms with Gasteiger partial charge in [-0.3, -0.25) is 4.79 Å². The highest BCUT2D eigenvalue weighted by Crippen LogP contribution is 2.13. The molecule has 0 aromatic heterocycles. The number of nitrogens with two attached hydrogens (primary N) is 1. The van der Waals surface area contributed by atoms with Gasteiger partial charge in [-0.25, -0.2) is 0 Å². The summed E-state index contributed by atoms with van der Waals surface area (Å²) in [5.74, 6) is 0.741. The number of thioether (sulfide) groups is 1. The molecule has 19 heavy (non-hydrogen) atoms. The Bertz CT molecular complexity index is 453. The predicted molar refractivity (Wildman–Crippen MR) is 78.7 cm³/mol. The lowest BCUT2D eigenvalue weighted by Crippen LogP contribution is -2.41. The molecule has 1 aromatic carbocycles. The Morgan fingerprint density at radius 1 is 1.47 bits per heavy atom. The first-order chi connectivity index (χ1) is 9.08. The Kier molecular flexibility index (Phi) is 6.40. The van der Waals surface area contributed by atoms with E-state index < -0.39 is 6.04 Å². The summed E-state index contributed by atoms with van der Waals surface area (Å²) in [6.45, 7) is 1.90. The molecule has 5 heteroatoms. The van der Waals surface area contributed by atoms with E-state index >= 15 is 0 Å². The molecule has 1 amide bonds. The van der Waals surface area contributed by atoms with Gasteiger partial charge in [0.05, 0.1) is 23.7 Å². The van der Waals surface area contributed by atoms with E-state index in [9.17, 15) is 4.79 Å². The third-order valence-electron chi connectivity index (χ3n) is 2.87. The van der Waals surface area contributed by atoms with E-state index in [0.29, 0.717) is 12.0 Å². The number of nitriles is 1. The lowest BCUT2D eigenvalue weighted by molar-refractivity contribution is -0.123. The zero-order valence-electron chi connectivity index (χ0n) is 11.2. The number of rotatable bonds is 6. The molecular weight excluding hydrogens is 258 g/mol. The summed E-state index contributed by atoms with van der Waals surface area (Å²) in [6.07, 6.45) is 2.66. The molecule has 0 heterocycles. The van der Waals surface area contributed by atoms with Crippen molar-refractivity contribution >= 4 is 17.7 Å². The Morgan fingerprint density at radius 3 is 2.63 bits per heavy atom. The van der Waals surface area contributed by atoms with Gasteiger partial charge in [-0.15, -0.1) is 0 Å². The second kappa shape index (κ2) is 7.82. The Balaban J connectivity index is 2.56. The van der Waals surface area contributed by atoms with Gasteiger partial charge in [0.1, 0.15) is 0 Å². The SMILES string of the molecule is CSCC[C@H](N)C(=O)NC(C)c1ccc(C#N)cc1. The van der Waals surface area contributed by atoms with Crippen molar-refractivity contribution < 1.29 is 4.79 Å². The molecule has 0 radical (unpaired) electrons. The third-order valence-corrected chi connectivity index (χ3v) is 3.51. The van der Waals surface area contributed by atoms with Gasteiger partial charge in [0.15, 0.2) is 0 Å². The van der Waals surface area contributed by atoms with E-state index in [4.69, 9.17) is 11.0 Å². The molecule has 0 fully saturated rings. The fourth-order valence-corrected chi connectivity index (χ4v) is 2.12. The van der Waals surface area contributed by atoms with Crippen LogP contribution in [-0.4, -0.2) is 24.0 Å². The van der Waals surface area contributed by atoms with Gasteiger partial charge < -0.3 is 11.1 Å². The van der Waals surface area contributed by atoms with E-state index in [-0.39, 0.29) is 11.9 Å². The van der Waals surface area contributed by atoms with Gasteiger partial charge >= 0.3 is 0 Å². The van der Waals surface area contributed by atoms with Gasteiger partial charge in [-0.1, -0.05) is 12.1 Å². The number of benzene rings is 1. The summed E-state index contributed by atoms with van der Waals surface area (Å²) in [5, 5.41) is 11.6. The predicted octanol–water partition coefficient (Wildman–Crippen LogP) is 1.82. The fraction of sp³-hybridized carbons (Fsp3) is 0.429. The molecule has 3 N–H and O–H groups in total. The lowest BCUT2D eigenvalue weighted by Gasteiger charge is -2.17. The maximum Gasteiger partial charge on any atom is 0.237 e. The summed E-state index contributed by atoms with van der Waals surface area (Å²) < 4.78 is 0. The van der Waals surface area contributed by atoms with Crippen LogP contribution in [0.15, 0.2) is 24.3 Å². The minimum Gasteiger partial charge on any atom is -0.348 e. The largest absolute Gasteiger partial charge is 0.348 e. The average molecular weight is 277 g/mol. The highest BCUT2D eigenvalue weighted by molar-refractivity contribution is 7.98. The average Bonchev–Trinajstić information content (AvgIpc) is 2.44. The molecule has 1 aromatic rings. The second-order valence-corrected chi connectivity index (χ2v) is 5.34. The van der Waals surface area contributed by atoms with Crippen LogP contribution in [0.25, 0.3) is 0 Å². The van der Waals surface area contributed by atoms with Crippen LogP contribution in [0.2, 0.25) is 0 Å². The summed E-state index contributed by atoms with van der Waals surface area (Å²) in [7, 11) is 0. The molecule has 0 aliphatic rings. The van der Waals surface area contributed by atoms with Gasteiger partial charge in [0.2, 0.25) is 5.91 Å². The lowest BCUT2D eigenvalue weighted by atomic mass is 10.1. The molecule has 4 nitrogen and oxygen atoms in total. The van der Waals surface area contributed by atoms with Crippen molar-refractivity contribution in [1.82, 2.24) is 5.32 Å². The van der Waals surface area contributed by atoms with E-state index in [1.807, 2.05) is 25.3 Å². The molecule has 1 rings (SSSR count). The molecule has 0 aliphatic carbocycles. The van der Waals surface area contributed by atoms with E-state index in [0.717, 1.165) is 11.3 Å². The first-order valence-corrected chi connectivity index (χ1v) is 7.52. The fourth-order valence-electron chi connectivity index (χ4n) is 1.63. The van der Waals surface area contributed by atoms with Gasteiger partial charge in [-0.05, 0) is 43.0 Å². The summed E-state index contributed by atoms with van der Waals surface area (Å²) in [4.78, 5) is 11.9. The minimum absolute atomic E-state index is 0.111. The van der Waals surface area contributed by atoms with Crippen LogP contribution in [0.3, 0.4) is 0 Å². The molecular formula is C14H19N3OS. The number of carbonyl (C=O) groups is 1. The van der Waals surface area contributed by atoms with Crippen molar-refractivity contribution in [2.24, 2.45) is 5.73 Å². The van der Waals surface area contributed by atoms with Crippen molar-refractivity contribution in [3.8, 4) is 6.07 Å². The van der Waals surface area contributed by atoms with Crippen LogP contribution >= 0.6 is 11.8 Å². The normalized spacial score (nSPS) is 13.4. The first-order valence-electron chi connectivity index (χ1n) is 6.13. The Labute approximate surface area is 118 Å². The monoisotopic (exact) mass is 277 g/mol. The topological polar surface area (TPSA) is 78.9 Å². The molecule has 0 spiro atoms. The van der Waals surface area contributed by atoms with Crippen molar-refractivity contribution in [1.29, 1.82) is 5.26 Å². The maximum atomic E-state index is 11.9. The molecule has 102 valence electrons. The summed E-state index contributed by atoms with van der Waals surface area (Å²) in [5.41, 5.74) is 7.38. The summed E-state index contributed by atoms with van der Waals surface area (Å²) >= 11 is 1.68. The van der Waals surface area contributed by atoms with E-state index in [1.165, 1.54) is 0 Å². The van der Waals surface area contributed by atoms with Gasteiger partial charge in [-0.2, -0.15) is 17.0 Å². The van der Waals surface area contributed by atoms with Crippen molar-refractivity contribution in [2.45, 2.75) is 25.4 Å². The molecule has 2 atom stereocenters. The second-order valence-electron chi connectivity index (χ2n) is 4.35. The van der Waals surface area contributed by atoms with Crippen molar-refractivity contribution in [2.75, 3.05) is 12.0 Å². The number of nitrogens with one attached hydrogen (secondary N) is 1. The maximum absolute atomic E-state index is 11.9. The molecule has 1 unspecified atom stereocenters. The van der Waals surface area contributed by atoms with Crippen LogP contribution in [0.1, 0.15) is 30.5 Å². The standard InChI is InChI=1S/C14H19N3OS/c1-10(12-5-3-11(9-15)4-6-12)17-14(18)13(16)7-8-19-2/h3-6,10,13H,7-8,16H2,1-2H3,(H,17,18)/t10?,13-/m0/s1. The number of hydrogen-bond acceptors (Lipinski definition) is 4. The van der Waals surface area contributed by atoms with Crippen LogP contribution in [0.5, 0.6) is 0 Å². The minimum atomic E-state index is -0.465. The quantitative estimate of drug-likeness (QED) is 0.831. The zero-order valence-corrected chi connectivity index (χ0v) is 12.0. The number of carbonyl (C=O) groups excluding carboxylic acids is 1. The Hall–Kier alpha value is -1.51. The number of hydrogen-bond donors (Lipinski definition) is 2. The molecule has 0 saturated heterocycles. The highest BCUT2D eigenvalue weighted by Gasteiger charge is 2.16. The van der Waals surface area contributed by atoms with Crippen LogP contribution in [0, 0.1) is 11.3 Å². The van der Waals surface area contributed by atoms with Gasteiger partial charge in [0, 0.05) is 0 Å². The zero-order chi connectivity index (χ0) is 14.3. The molecule has 0 aliphatic heterocycles. The molecule has 0 saturated carbocycles. The Morgan fingerprint density at radius 2 is 2.11 bits per heavy atom. The van der Waals surface area contributed by atoms with Gasteiger partial charge in [0.25, 0.3) is 0 Å². The van der Waals surface area contributed by atoms with Crippen LogP contribution < -0.4 is 11.1 Å². The van der Waals surface area contributed by atoms with Crippen molar-refractivity contribution in [3.63, 3.8) is 0 Å². The van der Waals surface area contributed by atoms with Crippen LogP contribution in [-0.2, 0) is 4.79 Å². The smallest absolute Gasteiger partial charge is 0.237 e. The highest BCUT2D eigenvalue weighted by atomic mass is 32.2. The summed E-state index contributed by atoms with van der Waals surface area (Å²) in [6, 6.07) is 8.66.